The monoisotopic (exact) mass is 1270 g/mol. The number of aliphatic hydroxyl groups excluding tert-OH is 1. The Morgan fingerprint density at radius 1 is 0.516 bits per heavy atom. The fourth-order valence-corrected chi connectivity index (χ4v) is 11.6. The summed E-state index contributed by atoms with van der Waals surface area (Å²) >= 11 is 0. The van der Waals surface area contributed by atoms with Gasteiger partial charge in [-0.15, -0.1) is 0 Å². The van der Waals surface area contributed by atoms with Gasteiger partial charge in [0.15, 0.2) is 0 Å². The van der Waals surface area contributed by atoms with E-state index in [1.165, 1.54) is 61.6 Å². The second-order valence-electron chi connectivity index (χ2n) is 26.9. The number of hydrogen-bond donors (Lipinski definition) is 7. The largest absolute Gasteiger partial charge is 0.391 e. The molecule has 91 heavy (non-hydrogen) atoms. The van der Waals surface area contributed by atoms with Gasteiger partial charge in [-0.05, 0) is 93.1 Å². The van der Waals surface area contributed by atoms with Crippen molar-refractivity contribution in [2.24, 2.45) is 35.5 Å². The normalized spacial score (nSPS) is 26.1. The summed E-state index contributed by atoms with van der Waals surface area (Å²) in [7, 11) is 5.78. The third kappa shape index (κ3) is 22.4. The summed E-state index contributed by atoms with van der Waals surface area (Å²) in [6, 6.07) is 5.79. The highest BCUT2D eigenvalue weighted by Gasteiger charge is 2.42. The summed E-state index contributed by atoms with van der Waals surface area (Å²) in [6.45, 7) is 21.7. The first kappa shape index (κ1) is 76.0. The maximum Gasteiger partial charge on any atom is 0.245 e. The molecule has 0 aliphatic carbocycles. The van der Waals surface area contributed by atoms with Crippen LogP contribution in [-0.4, -0.2) is 203 Å². The molecule has 2 aromatic rings. The zero-order valence-corrected chi connectivity index (χ0v) is 56.9. The Bertz CT molecular complexity index is 2780. The number of benzene rings is 2. The number of likely N-dealkylation sites (N-methyl/N-ethyl adjacent to an activating group) is 4. The predicted octanol–water partition coefficient (Wildman–Crippen LogP) is 3.59. The molecule has 2 aromatic carbocycles. The highest BCUT2D eigenvalue weighted by atomic mass is 16.3. The van der Waals surface area contributed by atoms with Crippen molar-refractivity contribution in [1.82, 2.24) is 56.4 Å². The number of hydrogen-bond acceptors (Lipinski definition) is 12. The van der Waals surface area contributed by atoms with Crippen molar-refractivity contribution in [3.05, 3.63) is 71.8 Å². The van der Waals surface area contributed by atoms with Gasteiger partial charge in [0.2, 0.25) is 65.0 Å². The molecule has 11 amide bonds. The number of aliphatic hydroxyl groups is 1. The van der Waals surface area contributed by atoms with E-state index in [9.17, 15) is 43.5 Å². The molecule has 2 fully saturated rings. The van der Waals surface area contributed by atoms with Crippen LogP contribution in [-0.2, 0) is 65.6 Å². The summed E-state index contributed by atoms with van der Waals surface area (Å²) < 4.78 is 0. The van der Waals surface area contributed by atoms with Crippen LogP contribution >= 0.6 is 0 Å². The standard InChI is InChI=1S/C68H107N11O12/c1-17-44(10)57-63(86)70-51(34-41(4)5)61(84)74-58(46(12)80)64(87)72-52(36-47-27-21-18-22-28-47)66(89)78(16)55(35-42(6)7)68(91)77(15)54(37-48-29-23-19-24-30-48)62(85)69-50(33-40(2)3)60(83)71-53(67(90)79-31-25-20-26-32-79)38-56(81)76(14)45(11)65(88)75(13)39-49(43(8)9)59(82)73-57/h18-19,21-24,27-30,40-46,49-55,57-58,80H,17,20,25-26,31-39H2,1-16H3,(H,69,85)(H,70,86)(H,71,83)(H,72,87)(H,73,82)(H,74,84)/t44-,45+,46+,49-,50-,51-,52-,53-,54-,55-,57-,58-/m0/s1. The summed E-state index contributed by atoms with van der Waals surface area (Å²) in [5, 5.41) is 28.1. The molecule has 0 unspecified atom stereocenters. The van der Waals surface area contributed by atoms with Crippen LogP contribution in [0.25, 0.3) is 0 Å². The van der Waals surface area contributed by atoms with Crippen molar-refractivity contribution in [3.8, 4) is 0 Å². The van der Waals surface area contributed by atoms with Crippen LogP contribution < -0.4 is 31.9 Å². The van der Waals surface area contributed by atoms with Gasteiger partial charge in [-0.25, -0.2) is 0 Å². The Kier molecular flexibility index (Phi) is 30.1. The molecule has 2 heterocycles. The maximum absolute atomic E-state index is 15.4. The minimum Gasteiger partial charge on any atom is -0.391 e. The van der Waals surface area contributed by atoms with Gasteiger partial charge < -0.3 is 61.5 Å². The molecule has 2 saturated heterocycles. The average molecular weight is 1270 g/mol. The minimum atomic E-state index is -1.68. The SMILES string of the molecule is CC[C@H](C)[C@@H]1NC(=O)[C@H](C(C)C)CN(C)C(=O)[C@@H](C)N(C)C(=O)C[C@@H](C(=O)N2CCCCC2)NC(=O)[C@H](CC(C)C)NC(=O)[C@H](Cc2ccccc2)N(C)C(=O)[C@H](CC(C)C)N(C)C(=O)[C@H](Cc2ccccc2)NC(=O)[C@H]([C@@H](C)O)NC(=O)[C@H](CC(C)C)NC1=O. The van der Waals surface area contributed by atoms with Gasteiger partial charge in [-0.3, -0.25) is 52.7 Å². The number of amides is 11. The zero-order chi connectivity index (χ0) is 68.1. The van der Waals surface area contributed by atoms with E-state index in [4.69, 9.17) is 0 Å². The Balaban J connectivity index is 1.94. The van der Waals surface area contributed by atoms with E-state index in [0.29, 0.717) is 43.5 Å². The van der Waals surface area contributed by atoms with Crippen LogP contribution in [0.3, 0.4) is 0 Å². The molecule has 12 atom stereocenters. The Labute approximate surface area is 540 Å². The molecule has 23 heteroatoms. The molecule has 0 aromatic heterocycles. The Morgan fingerprint density at radius 2 is 0.989 bits per heavy atom. The summed E-state index contributed by atoms with van der Waals surface area (Å²) in [5.41, 5.74) is 1.29. The van der Waals surface area contributed by atoms with Gasteiger partial charge in [-0.2, -0.15) is 0 Å². The minimum absolute atomic E-state index is 0.0371. The lowest BCUT2D eigenvalue weighted by molar-refractivity contribution is -0.150. The fraction of sp³-hybridized carbons (Fsp3) is 0.662. The smallest absolute Gasteiger partial charge is 0.245 e. The lowest BCUT2D eigenvalue weighted by Crippen LogP contribution is -2.63. The number of nitrogens with one attached hydrogen (secondary N) is 6. The molecule has 0 spiro atoms. The Morgan fingerprint density at radius 3 is 1.49 bits per heavy atom. The third-order valence-corrected chi connectivity index (χ3v) is 17.6. The van der Waals surface area contributed by atoms with Crippen molar-refractivity contribution >= 4 is 65.0 Å². The fourth-order valence-electron chi connectivity index (χ4n) is 11.6. The summed E-state index contributed by atoms with van der Waals surface area (Å²) in [6.07, 6.45) is 0.714. The van der Waals surface area contributed by atoms with E-state index in [1.54, 1.807) is 86.3 Å². The Hall–Kier alpha value is -7.43. The van der Waals surface area contributed by atoms with Crippen LogP contribution in [0.2, 0.25) is 0 Å². The predicted molar refractivity (Wildman–Crippen MR) is 348 cm³/mol. The highest BCUT2D eigenvalue weighted by molar-refractivity contribution is 5.99. The van der Waals surface area contributed by atoms with Crippen LogP contribution in [0.5, 0.6) is 0 Å². The molecule has 23 nitrogen and oxygen atoms in total. The van der Waals surface area contributed by atoms with E-state index in [-0.39, 0.29) is 62.3 Å². The number of nitrogens with zero attached hydrogens (tertiary/aromatic N) is 5. The summed E-state index contributed by atoms with van der Waals surface area (Å²) in [5.74, 6) is -9.92. The van der Waals surface area contributed by atoms with Gasteiger partial charge in [0.1, 0.15) is 54.4 Å². The molecule has 2 aliphatic rings. The first-order valence-corrected chi connectivity index (χ1v) is 32.7. The van der Waals surface area contributed by atoms with Gasteiger partial charge >= 0.3 is 0 Å². The molecule has 506 valence electrons. The number of carbonyl (C=O) groups excluding carboxylic acids is 11. The zero-order valence-electron chi connectivity index (χ0n) is 56.9. The second kappa shape index (κ2) is 36.0. The molecule has 2 aliphatic heterocycles. The number of piperidine rings is 1. The molecule has 7 N–H and O–H groups in total. The van der Waals surface area contributed by atoms with Crippen LogP contribution in [0.4, 0.5) is 0 Å². The first-order valence-electron chi connectivity index (χ1n) is 32.7. The highest BCUT2D eigenvalue weighted by Crippen LogP contribution is 2.23. The summed E-state index contributed by atoms with van der Waals surface area (Å²) in [4.78, 5) is 169. The van der Waals surface area contributed by atoms with Gasteiger partial charge in [0.25, 0.3) is 0 Å². The van der Waals surface area contributed by atoms with E-state index in [0.717, 1.165) is 6.42 Å². The average Bonchev–Trinajstić information content (AvgIpc) is 2.59. The maximum atomic E-state index is 15.4. The molecule has 4 rings (SSSR count). The van der Waals surface area contributed by atoms with E-state index >= 15 is 14.4 Å². The van der Waals surface area contributed by atoms with Crippen molar-refractivity contribution in [2.45, 2.75) is 208 Å². The van der Waals surface area contributed by atoms with Crippen molar-refractivity contribution < 1.29 is 57.8 Å². The quantitative estimate of drug-likeness (QED) is 0.135. The van der Waals surface area contributed by atoms with Gasteiger partial charge in [0.05, 0.1) is 18.4 Å². The van der Waals surface area contributed by atoms with Crippen molar-refractivity contribution in [1.29, 1.82) is 0 Å². The van der Waals surface area contributed by atoms with Crippen LogP contribution in [0.15, 0.2) is 60.7 Å². The van der Waals surface area contributed by atoms with Crippen LogP contribution in [0, 0.1) is 35.5 Å². The second-order valence-corrected chi connectivity index (χ2v) is 26.9. The van der Waals surface area contributed by atoms with E-state index in [2.05, 4.69) is 31.9 Å². The van der Waals surface area contributed by atoms with Gasteiger partial charge in [0, 0.05) is 60.7 Å². The first-order chi connectivity index (χ1) is 42.8. The molecular weight excluding hydrogens is 1160 g/mol. The lowest BCUT2D eigenvalue weighted by atomic mass is 9.91. The van der Waals surface area contributed by atoms with Crippen LogP contribution in [0.1, 0.15) is 146 Å². The lowest BCUT2D eigenvalue weighted by Gasteiger charge is -2.37. The van der Waals surface area contributed by atoms with Crippen molar-refractivity contribution in [2.75, 3.05) is 47.8 Å². The molecule has 0 radical (unpaired) electrons. The number of rotatable bonds is 15. The number of likely N-dealkylation sites (tertiary alicyclic amines) is 1. The van der Waals surface area contributed by atoms with Crippen molar-refractivity contribution in [3.63, 3.8) is 0 Å². The van der Waals surface area contributed by atoms with E-state index in [1.807, 2.05) is 48.5 Å². The number of carbonyl (C=O) groups is 11. The molecular formula is C68H107N11O12. The van der Waals surface area contributed by atoms with E-state index < -0.39 is 144 Å². The molecule has 0 saturated carbocycles. The molecule has 0 bridgehead atoms. The topological polar surface area (TPSA) is 296 Å². The third-order valence-electron chi connectivity index (χ3n) is 17.6. The van der Waals surface area contributed by atoms with Gasteiger partial charge in [-0.1, -0.05) is 136 Å².